The third-order valence-corrected chi connectivity index (χ3v) is 4.71. The van der Waals surface area contributed by atoms with E-state index in [1.165, 1.54) is 17.3 Å². The molecule has 2 aromatic carbocycles. The summed E-state index contributed by atoms with van der Waals surface area (Å²) in [5.41, 5.74) is 1.34. The highest BCUT2D eigenvalue weighted by Gasteiger charge is 2.21. The summed E-state index contributed by atoms with van der Waals surface area (Å²) in [4.78, 5) is 40.0. The molecule has 0 aliphatic heterocycles. The second kappa shape index (κ2) is 9.69. The predicted molar refractivity (Wildman–Crippen MR) is 116 cm³/mol. The van der Waals surface area contributed by atoms with E-state index in [4.69, 9.17) is 0 Å². The molecule has 0 saturated carbocycles. The Balaban J connectivity index is 1.97. The van der Waals surface area contributed by atoms with E-state index in [9.17, 15) is 14.4 Å². The maximum Gasteiger partial charge on any atom is 0.259 e. The van der Waals surface area contributed by atoms with Crippen LogP contribution >= 0.6 is 0 Å². The van der Waals surface area contributed by atoms with Crippen LogP contribution in [0.4, 0.5) is 0 Å². The van der Waals surface area contributed by atoms with Gasteiger partial charge in [0.1, 0.15) is 11.1 Å². The van der Waals surface area contributed by atoms with E-state index in [0.717, 1.165) is 11.1 Å². The standard InChI is InChI=1S/C24H25N3O3/c1-3-25-23(29)20-16-27(15-19-12-8-5-9-13-19)17-21(22(20)28)24(30)26(2)14-18-10-6-4-7-11-18/h4-13,16-17H,3,14-15H2,1-2H3,(H,25,29). The molecule has 6 nitrogen and oxygen atoms in total. The number of pyridine rings is 1. The number of carbonyl (C=O) groups excluding carboxylic acids is 2. The molecule has 1 N–H and O–H groups in total. The van der Waals surface area contributed by atoms with E-state index < -0.39 is 17.2 Å². The number of nitrogens with zero attached hydrogens (tertiary/aromatic N) is 2. The van der Waals surface area contributed by atoms with Crippen LogP contribution in [0, 0.1) is 0 Å². The van der Waals surface area contributed by atoms with Crippen molar-refractivity contribution in [3.8, 4) is 0 Å². The predicted octanol–water partition coefficient (Wildman–Crippen LogP) is 2.92. The maximum absolute atomic E-state index is 13.1. The fraction of sp³-hybridized carbons (Fsp3) is 0.208. The fourth-order valence-corrected chi connectivity index (χ4v) is 3.22. The number of amides is 2. The second-order valence-electron chi connectivity index (χ2n) is 7.08. The van der Waals surface area contributed by atoms with E-state index in [2.05, 4.69) is 5.32 Å². The molecule has 0 fully saturated rings. The minimum absolute atomic E-state index is 0.0203. The Morgan fingerprint density at radius 1 is 0.900 bits per heavy atom. The van der Waals surface area contributed by atoms with E-state index in [1.54, 1.807) is 18.5 Å². The summed E-state index contributed by atoms with van der Waals surface area (Å²) in [6.07, 6.45) is 3.04. The number of benzene rings is 2. The molecule has 0 radical (unpaired) electrons. The van der Waals surface area contributed by atoms with Crippen LogP contribution in [0.3, 0.4) is 0 Å². The van der Waals surface area contributed by atoms with E-state index in [1.807, 2.05) is 60.7 Å². The van der Waals surface area contributed by atoms with Gasteiger partial charge in [0.15, 0.2) is 0 Å². The average molecular weight is 403 g/mol. The van der Waals surface area contributed by atoms with Crippen molar-refractivity contribution in [3.05, 3.63) is 106 Å². The zero-order chi connectivity index (χ0) is 21.5. The van der Waals surface area contributed by atoms with E-state index in [0.29, 0.717) is 19.6 Å². The van der Waals surface area contributed by atoms with Gasteiger partial charge in [-0.05, 0) is 18.1 Å². The first-order chi connectivity index (χ1) is 14.5. The van der Waals surface area contributed by atoms with Crippen LogP contribution in [0.15, 0.2) is 77.9 Å². The zero-order valence-electron chi connectivity index (χ0n) is 17.2. The first kappa shape index (κ1) is 21.0. The Kier molecular flexibility index (Phi) is 6.80. The molecule has 3 rings (SSSR count). The third-order valence-electron chi connectivity index (χ3n) is 4.71. The fourth-order valence-electron chi connectivity index (χ4n) is 3.22. The van der Waals surface area contributed by atoms with Crippen LogP contribution in [0.2, 0.25) is 0 Å². The summed E-state index contributed by atoms with van der Waals surface area (Å²) in [5, 5.41) is 2.65. The van der Waals surface area contributed by atoms with Gasteiger partial charge in [-0.1, -0.05) is 60.7 Å². The highest BCUT2D eigenvalue weighted by molar-refractivity contribution is 5.99. The number of nitrogens with one attached hydrogen (secondary N) is 1. The van der Waals surface area contributed by atoms with Crippen LogP contribution in [-0.2, 0) is 13.1 Å². The first-order valence-corrected chi connectivity index (χ1v) is 9.85. The second-order valence-corrected chi connectivity index (χ2v) is 7.08. The summed E-state index contributed by atoms with van der Waals surface area (Å²) in [5.74, 6) is -0.901. The summed E-state index contributed by atoms with van der Waals surface area (Å²) < 4.78 is 1.71. The van der Waals surface area contributed by atoms with Crippen molar-refractivity contribution >= 4 is 11.8 Å². The van der Waals surface area contributed by atoms with Crippen molar-refractivity contribution in [3.63, 3.8) is 0 Å². The largest absolute Gasteiger partial charge is 0.352 e. The Morgan fingerprint density at radius 3 is 2.07 bits per heavy atom. The van der Waals surface area contributed by atoms with E-state index >= 15 is 0 Å². The molecule has 154 valence electrons. The lowest BCUT2D eigenvalue weighted by Gasteiger charge is -2.19. The monoisotopic (exact) mass is 403 g/mol. The smallest absolute Gasteiger partial charge is 0.259 e. The van der Waals surface area contributed by atoms with Crippen molar-refractivity contribution in [1.82, 2.24) is 14.8 Å². The van der Waals surface area contributed by atoms with Crippen LogP contribution in [0.1, 0.15) is 38.8 Å². The molecule has 0 atom stereocenters. The average Bonchev–Trinajstić information content (AvgIpc) is 2.76. The van der Waals surface area contributed by atoms with Gasteiger partial charge in [-0.3, -0.25) is 14.4 Å². The van der Waals surface area contributed by atoms with Gasteiger partial charge in [-0.15, -0.1) is 0 Å². The van der Waals surface area contributed by atoms with Crippen molar-refractivity contribution < 1.29 is 9.59 Å². The molecule has 0 unspecified atom stereocenters. The summed E-state index contributed by atoms with van der Waals surface area (Å²) in [6.45, 7) is 2.98. The molecule has 0 spiro atoms. The maximum atomic E-state index is 13.1. The lowest BCUT2D eigenvalue weighted by atomic mass is 10.1. The minimum atomic E-state index is -0.560. The van der Waals surface area contributed by atoms with Gasteiger partial charge >= 0.3 is 0 Å². The molecule has 1 aromatic heterocycles. The molecule has 0 saturated heterocycles. The van der Waals surface area contributed by atoms with Crippen LogP contribution in [0.5, 0.6) is 0 Å². The van der Waals surface area contributed by atoms with E-state index in [-0.39, 0.29) is 11.1 Å². The van der Waals surface area contributed by atoms with Gasteiger partial charge < -0.3 is 14.8 Å². The molecule has 6 heteroatoms. The SMILES string of the molecule is CCNC(=O)c1cn(Cc2ccccc2)cc(C(=O)N(C)Cc2ccccc2)c1=O. The molecule has 3 aromatic rings. The highest BCUT2D eigenvalue weighted by Crippen LogP contribution is 2.09. The minimum Gasteiger partial charge on any atom is -0.352 e. The topological polar surface area (TPSA) is 71.4 Å². The van der Waals surface area contributed by atoms with Gasteiger partial charge in [0.2, 0.25) is 5.43 Å². The van der Waals surface area contributed by atoms with Crippen molar-refractivity contribution in [2.45, 2.75) is 20.0 Å². The first-order valence-electron chi connectivity index (χ1n) is 9.85. The highest BCUT2D eigenvalue weighted by atomic mass is 16.2. The van der Waals surface area contributed by atoms with Crippen LogP contribution in [0.25, 0.3) is 0 Å². The zero-order valence-corrected chi connectivity index (χ0v) is 17.2. The number of hydrogen-bond donors (Lipinski definition) is 1. The molecule has 0 aliphatic carbocycles. The normalized spacial score (nSPS) is 10.5. The molecule has 30 heavy (non-hydrogen) atoms. The number of aromatic nitrogens is 1. The van der Waals surface area contributed by atoms with Crippen LogP contribution in [-0.4, -0.2) is 34.9 Å². The van der Waals surface area contributed by atoms with Gasteiger partial charge in [-0.2, -0.15) is 0 Å². The van der Waals surface area contributed by atoms with Crippen molar-refractivity contribution in [1.29, 1.82) is 0 Å². The number of rotatable bonds is 7. The van der Waals surface area contributed by atoms with Gasteiger partial charge in [0.25, 0.3) is 11.8 Å². The quantitative estimate of drug-likeness (QED) is 0.659. The number of hydrogen-bond acceptors (Lipinski definition) is 3. The molecular formula is C24H25N3O3. The lowest BCUT2D eigenvalue weighted by Crippen LogP contribution is -2.36. The van der Waals surface area contributed by atoms with Gasteiger partial charge in [-0.25, -0.2) is 0 Å². The Bertz CT molecular complexity index is 1080. The van der Waals surface area contributed by atoms with Gasteiger partial charge in [0, 0.05) is 39.1 Å². The van der Waals surface area contributed by atoms with Crippen LogP contribution < -0.4 is 10.7 Å². The van der Waals surface area contributed by atoms with Gasteiger partial charge in [0.05, 0.1) is 0 Å². The Morgan fingerprint density at radius 2 is 1.47 bits per heavy atom. The molecule has 0 aliphatic rings. The Hall–Kier alpha value is -3.67. The Labute approximate surface area is 175 Å². The van der Waals surface area contributed by atoms with Crippen molar-refractivity contribution in [2.75, 3.05) is 13.6 Å². The summed E-state index contributed by atoms with van der Waals surface area (Å²) >= 11 is 0. The molecule has 1 heterocycles. The van der Waals surface area contributed by atoms with Crippen molar-refractivity contribution in [2.24, 2.45) is 0 Å². The third kappa shape index (κ3) is 5.03. The molecule has 0 bridgehead atoms. The summed E-state index contributed by atoms with van der Waals surface area (Å²) in [6, 6.07) is 19.2. The number of carbonyl (C=O) groups is 2. The summed E-state index contributed by atoms with van der Waals surface area (Å²) in [7, 11) is 1.65. The molecular weight excluding hydrogens is 378 g/mol. The molecule has 2 amide bonds. The lowest BCUT2D eigenvalue weighted by molar-refractivity contribution is 0.0783.